The van der Waals surface area contributed by atoms with Gasteiger partial charge in [-0.2, -0.15) is 13.2 Å². The van der Waals surface area contributed by atoms with Crippen molar-refractivity contribution in [3.63, 3.8) is 0 Å². The summed E-state index contributed by atoms with van der Waals surface area (Å²) in [6.45, 7) is -0.243. The van der Waals surface area contributed by atoms with Crippen LogP contribution in [0.15, 0.2) is 18.2 Å². The van der Waals surface area contributed by atoms with Crippen molar-refractivity contribution < 1.29 is 26.7 Å². The molecule has 0 radical (unpaired) electrons. The van der Waals surface area contributed by atoms with Crippen LogP contribution < -0.4 is 5.32 Å². The quantitative estimate of drug-likeness (QED) is 0.616. The highest BCUT2D eigenvalue weighted by Crippen LogP contribution is 2.33. The van der Waals surface area contributed by atoms with Gasteiger partial charge in [-0.25, -0.2) is 8.78 Å². The standard InChI is InChI=1S/C11H9F5INO/c1-10(12,13)5-18-9(19)6-2-3-7(8(17)4-6)11(14,15)16/h2-4H,5H2,1H3,(H,18,19). The molecule has 1 amide bonds. The molecule has 0 unspecified atom stereocenters. The van der Waals surface area contributed by atoms with Gasteiger partial charge in [-0.3, -0.25) is 4.79 Å². The molecule has 0 aromatic heterocycles. The fourth-order valence-corrected chi connectivity index (χ4v) is 2.04. The first-order chi connectivity index (χ1) is 8.50. The van der Waals surface area contributed by atoms with E-state index in [-0.39, 0.29) is 9.13 Å². The number of carbonyl (C=O) groups is 1. The maximum atomic E-state index is 12.5. The largest absolute Gasteiger partial charge is 0.417 e. The van der Waals surface area contributed by atoms with Gasteiger partial charge in [0.2, 0.25) is 0 Å². The average Bonchev–Trinajstić information content (AvgIpc) is 2.22. The molecular weight excluding hydrogens is 384 g/mol. The molecule has 2 nitrogen and oxygen atoms in total. The zero-order chi connectivity index (χ0) is 14.8. The Morgan fingerprint density at radius 1 is 1.26 bits per heavy atom. The van der Waals surface area contributed by atoms with E-state index in [1.165, 1.54) is 22.6 Å². The first-order valence-electron chi connectivity index (χ1n) is 5.03. The summed E-state index contributed by atoms with van der Waals surface area (Å²) in [6, 6.07) is 2.71. The second-order valence-corrected chi connectivity index (χ2v) is 5.11. The predicted octanol–water partition coefficient (Wildman–Crippen LogP) is 3.70. The van der Waals surface area contributed by atoms with Crippen LogP contribution in [-0.2, 0) is 6.18 Å². The third-order valence-electron chi connectivity index (χ3n) is 2.10. The number of carbonyl (C=O) groups excluding carboxylic acids is 1. The van der Waals surface area contributed by atoms with Gasteiger partial charge in [0.25, 0.3) is 11.8 Å². The van der Waals surface area contributed by atoms with E-state index in [2.05, 4.69) is 0 Å². The molecule has 0 heterocycles. The second kappa shape index (κ2) is 5.59. The lowest BCUT2D eigenvalue weighted by Gasteiger charge is -2.13. The lowest BCUT2D eigenvalue weighted by atomic mass is 10.1. The van der Waals surface area contributed by atoms with Gasteiger partial charge in [0.1, 0.15) is 0 Å². The first kappa shape index (κ1) is 16.1. The summed E-state index contributed by atoms with van der Waals surface area (Å²) in [5.74, 6) is -3.91. The Bertz CT molecular complexity index is 481. The van der Waals surface area contributed by atoms with E-state index in [0.717, 1.165) is 18.2 Å². The Labute approximate surface area is 119 Å². The summed E-state index contributed by atoms with van der Waals surface area (Å²) < 4.78 is 62.3. The lowest BCUT2D eigenvalue weighted by molar-refractivity contribution is -0.138. The molecule has 0 bridgehead atoms. The molecular formula is C11H9F5INO. The predicted molar refractivity (Wildman–Crippen MR) is 67.1 cm³/mol. The SMILES string of the molecule is CC(F)(F)CNC(=O)c1ccc(C(F)(F)F)c(I)c1. The van der Waals surface area contributed by atoms with Crippen LogP contribution in [-0.4, -0.2) is 18.4 Å². The van der Waals surface area contributed by atoms with Gasteiger partial charge in [-0.15, -0.1) is 0 Å². The zero-order valence-corrected chi connectivity index (χ0v) is 11.8. The fraction of sp³-hybridized carbons (Fsp3) is 0.364. The minimum atomic E-state index is -4.51. The van der Waals surface area contributed by atoms with Gasteiger partial charge in [0.15, 0.2) is 0 Å². The Hall–Kier alpha value is -0.930. The van der Waals surface area contributed by atoms with Crippen molar-refractivity contribution in [1.29, 1.82) is 0 Å². The number of alkyl halides is 5. The van der Waals surface area contributed by atoms with Crippen molar-refractivity contribution >= 4 is 28.5 Å². The van der Waals surface area contributed by atoms with E-state index in [1.54, 1.807) is 0 Å². The van der Waals surface area contributed by atoms with E-state index in [1.807, 2.05) is 5.32 Å². The third kappa shape index (κ3) is 4.92. The minimum Gasteiger partial charge on any atom is -0.346 e. The van der Waals surface area contributed by atoms with E-state index in [0.29, 0.717) is 6.92 Å². The molecule has 0 fully saturated rings. The molecule has 0 spiro atoms. The number of hydrogen-bond acceptors (Lipinski definition) is 1. The number of benzene rings is 1. The molecule has 1 N–H and O–H groups in total. The molecule has 0 saturated heterocycles. The van der Waals surface area contributed by atoms with Crippen molar-refractivity contribution in [3.8, 4) is 0 Å². The van der Waals surface area contributed by atoms with Gasteiger partial charge in [-0.05, 0) is 40.8 Å². The summed E-state index contributed by atoms with van der Waals surface area (Å²) in [6.07, 6.45) is -4.51. The van der Waals surface area contributed by atoms with Gasteiger partial charge < -0.3 is 5.32 Å². The van der Waals surface area contributed by atoms with Crippen LogP contribution in [0.1, 0.15) is 22.8 Å². The maximum absolute atomic E-state index is 12.5. The highest BCUT2D eigenvalue weighted by molar-refractivity contribution is 14.1. The molecule has 106 valence electrons. The third-order valence-corrected chi connectivity index (χ3v) is 2.99. The molecule has 1 aromatic carbocycles. The highest BCUT2D eigenvalue weighted by atomic mass is 127. The first-order valence-corrected chi connectivity index (χ1v) is 6.11. The van der Waals surface area contributed by atoms with Crippen molar-refractivity contribution in [2.45, 2.75) is 19.0 Å². The molecule has 0 aliphatic rings. The number of halogens is 6. The molecule has 0 aliphatic carbocycles. The van der Waals surface area contributed by atoms with E-state index in [9.17, 15) is 26.7 Å². The maximum Gasteiger partial charge on any atom is 0.417 e. The van der Waals surface area contributed by atoms with Gasteiger partial charge in [-0.1, -0.05) is 0 Å². The molecule has 0 saturated carbocycles. The molecule has 0 atom stereocenters. The van der Waals surface area contributed by atoms with E-state index < -0.39 is 30.1 Å². The Kier molecular flexibility index (Phi) is 4.75. The second-order valence-electron chi connectivity index (χ2n) is 3.95. The van der Waals surface area contributed by atoms with E-state index >= 15 is 0 Å². The van der Waals surface area contributed by atoms with Crippen LogP contribution in [0.5, 0.6) is 0 Å². The molecule has 19 heavy (non-hydrogen) atoms. The van der Waals surface area contributed by atoms with Crippen LogP contribution in [0.25, 0.3) is 0 Å². The van der Waals surface area contributed by atoms with Crippen LogP contribution >= 0.6 is 22.6 Å². The molecule has 8 heteroatoms. The monoisotopic (exact) mass is 393 g/mol. The summed E-state index contributed by atoms with van der Waals surface area (Å²) in [5, 5.41) is 1.95. The Morgan fingerprint density at radius 3 is 2.26 bits per heavy atom. The number of hydrogen-bond donors (Lipinski definition) is 1. The van der Waals surface area contributed by atoms with Crippen molar-refractivity contribution in [1.82, 2.24) is 5.32 Å². The Morgan fingerprint density at radius 2 is 1.84 bits per heavy atom. The van der Waals surface area contributed by atoms with Crippen LogP contribution in [0.4, 0.5) is 22.0 Å². The van der Waals surface area contributed by atoms with Gasteiger partial charge in [0.05, 0.1) is 12.1 Å². The highest BCUT2D eigenvalue weighted by Gasteiger charge is 2.33. The molecule has 1 aromatic rings. The van der Waals surface area contributed by atoms with Gasteiger partial charge >= 0.3 is 6.18 Å². The van der Waals surface area contributed by atoms with Crippen LogP contribution in [0, 0.1) is 3.57 Å². The van der Waals surface area contributed by atoms with Crippen LogP contribution in [0.3, 0.4) is 0 Å². The van der Waals surface area contributed by atoms with Crippen molar-refractivity contribution in [2.24, 2.45) is 0 Å². The fourth-order valence-electron chi connectivity index (χ4n) is 1.22. The molecule has 1 rings (SSSR count). The van der Waals surface area contributed by atoms with Crippen LogP contribution in [0.2, 0.25) is 0 Å². The summed E-state index contributed by atoms with van der Waals surface area (Å²) in [5.41, 5.74) is -0.966. The topological polar surface area (TPSA) is 29.1 Å². The number of rotatable bonds is 3. The average molecular weight is 393 g/mol. The summed E-state index contributed by atoms with van der Waals surface area (Å²) in [7, 11) is 0. The minimum absolute atomic E-state index is 0.0957. The van der Waals surface area contributed by atoms with E-state index in [4.69, 9.17) is 0 Å². The van der Waals surface area contributed by atoms with Crippen molar-refractivity contribution in [3.05, 3.63) is 32.9 Å². The normalized spacial score (nSPS) is 12.4. The smallest absolute Gasteiger partial charge is 0.346 e. The summed E-state index contributed by atoms with van der Waals surface area (Å²) in [4.78, 5) is 11.5. The Balaban J connectivity index is 2.87. The number of amides is 1. The lowest BCUT2D eigenvalue weighted by Crippen LogP contribution is -2.34. The zero-order valence-electron chi connectivity index (χ0n) is 9.62. The van der Waals surface area contributed by atoms with Gasteiger partial charge in [0, 0.05) is 16.1 Å². The summed E-state index contributed by atoms with van der Waals surface area (Å²) >= 11 is 1.44. The molecule has 0 aliphatic heterocycles. The van der Waals surface area contributed by atoms with Crippen molar-refractivity contribution in [2.75, 3.05) is 6.54 Å². The number of nitrogens with one attached hydrogen (secondary N) is 1.